The lowest BCUT2D eigenvalue weighted by molar-refractivity contribution is -0.119. The zero-order valence-corrected chi connectivity index (χ0v) is 13.5. The number of unbranched alkanes of at least 4 members (excludes halogenated alkanes) is 2. The highest BCUT2D eigenvalue weighted by Crippen LogP contribution is 2.22. The van der Waals surface area contributed by atoms with Crippen molar-refractivity contribution in [2.75, 3.05) is 0 Å². The average Bonchev–Trinajstić information content (AvgIpc) is 3.02. The van der Waals surface area contributed by atoms with Crippen molar-refractivity contribution in [3.05, 3.63) is 59.7 Å². The van der Waals surface area contributed by atoms with Crippen LogP contribution < -0.4 is 5.43 Å². The normalized spacial score (nSPS) is 13.8. The maximum Gasteiger partial charge on any atom is 0.246 e. The van der Waals surface area contributed by atoms with Gasteiger partial charge in [-0.1, -0.05) is 68.3 Å². The molecule has 3 rings (SSSR count). The van der Waals surface area contributed by atoms with E-state index >= 15 is 0 Å². The maximum atomic E-state index is 11.2. The first-order valence-corrected chi connectivity index (χ1v) is 8.31. The molecule has 0 spiro atoms. The Morgan fingerprint density at radius 2 is 1.52 bits per heavy atom. The van der Waals surface area contributed by atoms with E-state index in [-0.39, 0.29) is 5.91 Å². The van der Waals surface area contributed by atoms with E-state index < -0.39 is 0 Å². The molecular formula is C20H22N2O. The van der Waals surface area contributed by atoms with Gasteiger partial charge in [0.1, 0.15) is 0 Å². The first-order valence-electron chi connectivity index (χ1n) is 8.31. The van der Waals surface area contributed by atoms with Gasteiger partial charge in [0.15, 0.2) is 0 Å². The van der Waals surface area contributed by atoms with Crippen molar-refractivity contribution in [1.82, 2.24) is 5.43 Å². The van der Waals surface area contributed by atoms with Crippen LogP contribution in [-0.2, 0) is 11.2 Å². The summed E-state index contributed by atoms with van der Waals surface area (Å²) in [6.45, 7) is 2.23. The Kier molecular flexibility index (Phi) is 4.86. The molecule has 2 aromatic carbocycles. The molecule has 0 atom stereocenters. The monoisotopic (exact) mass is 306 g/mol. The summed E-state index contributed by atoms with van der Waals surface area (Å²) in [4.78, 5) is 11.2. The fourth-order valence-corrected chi connectivity index (χ4v) is 2.83. The predicted molar refractivity (Wildman–Crippen MR) is 94.4 cm³/mol. The molecule has 3 heteroatoms. The van der Waals surface area contributed by atoms with Gasteiger partial charge < -0.3 is 0 Å². The first kappa shape index (κ1) is 15.5. The molecule has 23 heavy (non-hydrogen) atoms. The van der Waals surface area contributed by atoms with Gasteiger partial charge in [-0.25, -0.2) is 5.43 Å². The molecule has 1 aliphatic heterocycles. The fraction of sp³-hybridized carbons (Fsp3) is 0.300. The predicted octanol–water partition coefficient (Wildman–Crippen LogP) is 4.31. The standard InChI is InChI=1S/C20H22N2O/c1-2-3-4-5-15-6-8-16(9-7-15)17-10-12-18(13-11-17)19-14-20(23)22-21-19/h6-13H,2-5,14H2,1H3,(H,22,23). The molecule has 0 saturated carbocycles. The summed E-state index contributed by atoms with van der Waals surface area (Å²) < 4.78 is 0. The van der Waals surface area contributed by atoms with E-state index in [0.29, 0.717) is 6.42 Å². The molecule has 2 aromatic rings. The molecule has 0 bridgehead atoms. The molecule has 3 nitrogen and oxygen atoms in total. The highest BCUT2D eigenvalue weighted by molar-refractivity contribution is 6.13. The summed E-state index contributed by atoms with van der Waals surface area (Å²) in [6, 6.07) is 17.1. The van der Waals surface area contributed by atoms with E-state index in [1.54, 1.807) is 0 Å². The topological polar surface area (TPSA) is 41.5 Å². The number of aryl methyl sites for hydroxylation is 1. The van der Waals surface area contributed by atoms with E-state index in [9.17, 15) is 4.79 Å². The highest BCUT2D eigenvalue weighted by Gasteiger charge is 2.15. The fourth-order valence-electron chi connectivity index (χ4n) is 2.83. The van der Waals surface area contributed by atoms with Gasteiger partial charge in [0.25, 0.3) is 0 Å². The number of benzene rings is 2. The molecule has 0 saturated heterocycles. The lowest BCUT2D eigenvalue weighted by Crippen LogP contribution is -2.09. The third-order valence-electron chi connectivity index (χ3n) is 4.22. The Labute approximate surface area is 137 Å². The van der Waals surface area contributed by atoms with Crippen molar-refractivity contribution in [3.8, 4) is 11.1 Å². The second kappa shape index (κ2) is 7.23. The summed E-state index contributed by atoms with van der Waals surface area (Å²) in [7, 11) is 0. The number of nitrogens with zero attached hydrogens (tertiary/aromatic N) is 1. The first-order chi connectivity index (χ1) is 11.3. The van der Waals surface area contributed by atoms with Crippen LogP contribution >= 0.6 is 0 Å². The Morgan fingerprint density at radius 3 is 2.09 bits per heavy atom. The van der Waals surface area contributed by atoms with Crippen LogP contribution in [0, 0.1) is 0 Å². The van der Waals surface area contributed by atoms with Crippen molar-refractivity contribution in [3.63, 3.8) is 0 Å². The maximum absolute atomic E-state index is 11.2. The molecule has 0 fully saturated rings. The average molecular weight is 306 g/mol. The van der Waals surface area contributed by atoms with Crippen LogP contribution in [0.3, 0.4) is 0 Å². The number of carbonyl (C=O) groups excluding carboxylic acids is 1. The van der Waals surface area contributed by atoms with Gasteiger partial charge in [-0.2, -0.15) is 5.10 Å². The number of carbonyl (C=O) groups is 1. The van der Waals surface area contributed by atoms with E-state index in [1.807, 2.05) is 12.1 Å². The minimum atomic E-state index is -0.0391. The molecule has 0 unspecified atom stereocenters. The molecule has 0 aromatic heterocycles. The highest BCUT2D eigenvalue weighted by atomic mass is 16.2. The molecule has 1 N–H and O–H groups in total. The van der Waals surface area contributed by atoms with Crippen LogP contribution in [0.15, 0.2) is 53.6 Å². The van der Waals surface area contributed by atoms with Crippen molar-refractivity contribution >= 4 is 11.6 Å². The van der Waals surface area contributed by atoms with Crippen LogP contribution in [0.2, 0.25) is 0 Å². The Morgan fingerprint density at radius 1 is 0.913 bits per heavy atom. The van der Waals surface area contributed by atoms with Gasteiger partial charge >= 0.3 is 0 Å². The summed E-state index contributed by atoms with van der Waals surface area (Å²) in [5, 5.41) is 4.05. The van der Waals surface area contributed by atoms with Crippen LogP contribution in [0.5, 0.6) is 0 Å². The quantitative estimate of drug-likeness (QED) is 0.794. The number of hydrazone groups is 1. The van der Waals surface area contributed by atoms with E-state index in [2.05, 4.69) is 53.8 Å². The minimum absolute atomic E-state index is 0.0391. The lowest BCUT2D eigenvalue weighted by Gasteiger charge is -2.06. The summed E-state index contributed by atoms with van der Waals surface area (Å²) in [5.41, 5.74) is 8.12. The van der Waals surface area contributed by atoms with E-state index in [1.165, 1.54) is 36.0 Å². The van der Waals surface area contributed by atoms with Crippen LogP contribution in [-0.4, -0.2) is 11.6 Å². The van der Waals surface area contributed by atoms with E-state index in [4.69, 9.17) is 0 Å². The zero-order valence-electron chi connectivity index (χ0n) is 13.5. The van der Waals surface area contributed by atoms with Crippen LogP contribution in [0.25, 0.3) is 11.1 Å². The molecule has 0 aliphatic carbocycles. The lowest BCUT2D eigenvalue weighted by atomic mass is 9.99. The zero-order chi connectivity index (χ0) is 16.1. The van der Waals surface area contributed by atoms with Crippen molar-refractivity contribution in [2.24, 2.45) is 5.10 Å². The van der Waals surface area contributed by atoms with Crippen molar-refractivity contribution in [2.45, 2.75) is 39.0 Å². The number of amides is 1. The SMILES string of the molecule is CCCCCc1ccc(-c2ccc(C3=NNC(=O)C3)cc2)cc1. The molecule has 1 aliphatic rings. The van der Waals surface area contributed by atoms with Crippen molar-refractivity contribution in [1.29, 1.82) is 0 Å². The van der Waals surface area contributed by atoms with Gasteiger partial charge in [-0.15, -0.1) is 0 Å². The van der Waals surface area contributed by atoms with E-state index in [0.717, 1.165) is 17.7 Å². The minimum Gasteiger partial charge on any atom is -0.273 e. The van der Waals surface area contributed by atoms with Crippen molar-refractivity contribution < 1.29 is 4.79 Å². The number of hydrogen-bond acceptors (Lipinski definition) is 2. The Hall–Kier alpha value is -2.42. The number of hydrogen-bond donors (Lipinski definition) is 1. The molecular weight excluding hydrogens is 284 g/mol. The molecule has 1 heterocycles. The van der Waals surface area contributed by atoms with Crippen LogP contribution in [0.4, 0.5) is 0 Å². The van der Waals surface area contributed by atoms with Gasteiger partial charge in [-0.05, 0) is 35.1 Å². The third-order valence-corrected chi connectivity index (χ3v) is 4.22. The third kappa shape index (κ3) is 3.86. The Balaban J connectivity index is 1.68. The number of nitrogens with one attached hydrogen (secondary N) is 1. The van der Waals surface area contributed by atoms with Gasteiger partial charge in [0.05, 0.1) is 12.1 Å². The van der Waals surface area contributed by atoms with Gasteiger partial charge in [0.2, 0.25) is 5.91 Å². The van der Waals surface area contributed by atoms with Gasteiger partial charge in [0, 0.05) is 0 Å². The molecule has 118 valence electrons. The Bertz CT molecular complexity index is 699. The summed E-state index contributed by atoms with van der Waals surface area (Å²) in [5.74, 6) is -0.0391. The second-order valence-electron chi connectivity index (χ2n) is 6.00. The van der Waals surface area contributed by atoms with Crippen LogP contribution in [0.1, 0.15) is 43.7 Å². The number of rotatable bonds is 6. The smallest absolute Gasteiger partial charge is 0.246 e. The molecule has 0 radical (unpaired) electrons. The molecule has 1 amide bonds. The largest absolute Gasteiger partial charge is 0.273 e. The summed E-state index contributed by atoms with van der Waals surface area (Å²) >= 11 is 0. The summed E-state index contributed by atoms with van der Waals surface area (Å²) in [6.07, 6.45) is 5.35. The van der Waals surface area contributed by atoms with Gasteiger partial charge in [-0.3, -0.25) is 4.79 Å². The second-order valence-corrected chi connectivity index (χ2v) is 6.00.